The summed E-state index contributed by atoms with van der Waals surface area (Å²) in [7, 11) is 0. The molecule has 3 rings (SSSR count). The Labute approximate surface area is 189 Å². The molecular weight excluding hydrogens is 452 g/mol. The van der Waals surface area contributed by atoms with Crippen LogP contribution in [-0.4, -0.2) is 79.6 Å². The molecule has 1 N–H and O–H groups in total. The molecule has 2 fully saturated rings. The molecule has 0 spiro atoms. The summed E-state index contributed by atoms with van der Waals surface area (Å²) in [5.74, 6) is -2.22. The molecule has 0 amide bonds. The van der Waals surface area contributed by atoms with Crippen LogP contribution in [0.5, 0.6) is 0 Å². The fourth-order valence-corrected chi connectivity index (χ4v) is 6.33. The Hall–Kier alpha value is -1.04. The molecule has 1 unspecified atom stereocenters. The second-order valence-electron chi connectivity index (χ2n) is 6.93. The second kappa shape index (κ2) is 9.84. The van der Waals surface area contributed by atoms with Crippen molar-refractivity contribution in [2.75, 3.05) is 38.5 Å². The predicted octanol–water partition coefficient (Wildman–Crippen LogP) is 2.84. The van der Waals surface area contributed by atoms with Crippen LogP contribution in [0.3, 0.4) is 0 Å². The maximum absolute atomic E-state index is 12.9. The lowest BCUT2D eigenvalue weighted by Gasteiger charge is -2.29. The predicted molar refractivity (Wildman–Crippen MR) is 122 cm³/mol. The summed E-state index contributed by atoms with van der Waals surface area (Å²) < 4.78 is 11.8. The number of hydrogen-bond acceptors (Lipinski definition) is 9. The van der Waals surface area contributed by atoms with Crippen molar-refractivity contribution in [1.29, 1.82) is 0 Å². The van der Waals surface area contributed by atoms with Gasteiger partial charge in [0, 0.05) is 26.2 Å². The molecule has 0 aromatic carbocycles. The van der Waals surface area contributed by atoms with Crippen molar-refractivity contribution in [3.63, 3.8) is 0 Å². The Kier molecular flexibility index (Phi) is 7.69. The maximum Gasteiger partial charge on any atom is 0.375 e. The molecule has 1 atom stereocenters. The van der Waals surface area contributed by atoms with Gasteiger partial charge >= 0.3 is 11.9 Å². The van der Waals surface area contributed by atoms with Crippen LogP contribution >= 0.6 is 48.0 Å². The van der Waals surface area contributed by atoms with Crippen molar-refractivity contribution in [1.82, 2.24) is 9.80 Å². The number of aliphatic hydroxyl groups excluding tert-OH is 1. The third-order valence-corrected chi connectivity index (χ3v) is 8.30. The van der Waals surface area contributed by atoms with Crippen LogP contribution in [0.25, 0.3) is 0 Å². The summed E-state index contributed by atoms with van der Waals surface area (Å²) in [6.07, 6.45) is 4.21. The van der Waals surface area contributed by atoms with Gasteiger partial charge < -0.3 is 24.4 Å². The highest BCUT2D eigenvalue weighted by Gasteiger charge is 2.56. The zero-order valence-corrected chi connectivity index (χ0v) is 19.4. The molecule has 0 aliphatic carbocycles. The average Bonchev–Trinajstić information content (AvgIpc) is 3.45. The second-order valence-corrected chi connectivity index (χ2v) is 10.2. The minimum absolute atomic E-state index is 0.0297. The zero-order valence-electron chi connectivity index (χ0n) is 16.2. The number of aliphatic hydroxyl groups is 1. The van der Waals surface area contributed by atoms with E-state index in [1.165, 1.54) is 11.8 Å². The number of ether oxygens (including phenoxy) is 2. The maximum atomic E-state index is 12.9. The lowest BCUT2D eigenvalue weighted by molar-refractivity contribution is -0.169. The van der Waals surface area contributed by atoms with E-state index in [-0.39, 0.29) is 17.3 Å². The van der Waals surface area contributed by atoms with Gasteiger partial charge in [-0.25, -0.2) is 9.59 Å². The van der Waals surface area contributed by atoms with Crippen LogP contribution < -0.4 is 0 Å². The highest BCUT2D eigenvalue weighted by molar-refractivity contribution is 8.25. The molecule has 0 bridgehead atoms. The number of carbonyl (C=O) groups is 2. The Morgan fingerprint density at radius 3 is 2.24 bits per heavy atom. The quantitative estimate of drug-likeness (QED) is 0.470. The zero-order chi connectivity index (χ0) is 21.0. The Morgan fingerprint density at radius 2 is 1.69 bits per heavy atom. The molecule has 2 saturated heterocycles. The number of likely N-dealkylation sites (tertiary alicyclic amines) is 2. The van der Waals surface area contributed by atoms with E-state index < -0.39 is 23.3 Å². The molecular formula is C18H24N2O5S4. The van der Waals surface area contributed by atoms with E-state index in [9.17, 15) is 14.7 Å². The van der Waals surface area contributed by atoms with Crippen LogP contribution in [0.4, 0.5) is 0 Å². The van der Waals surface area contributed by atoms with Crippen molar-refractivity contribution >= 4 is 68.5 Å². The van der Waals surface area contributed by atoms with Crippen LogP contribution in [0.15, 0.2) is 10.7 Å². The van der Waals surface area contributed by atoms with Gasteiger partial charge in [-0.1, -0.05) is 48.0 Å². The third-order valence-electron chi connectivity index (χ3n) is 4.96. The standard InChI is InChI=1S/C18H24N2O5S4/c1-2-24-15(23)18(11-28-16(26)19-7-3-4-8-19)13(12(21)14(22)25-18)29-17(27)20-9-5-6-10-20/h21H,2-11H2,1H3. The first kappa shape index (κ1) is 22.6. The van der Waals surface area contributed by atoms with Gasteiger partial charge in [0.1, 0.15) is 8.64 Å². The molecule has 0 aromatic rings. The van der Waals surface area contributed by atoms with Gasteiger partial charge in [-0.3, -0.25) is 0 Å². The average molecular weight is 477 g/mol. The number of cyclic esters (lactones) is 1. The van der Waals surface area contributed by atoms with E-state index in [0.29, 0.717) is 8.64 Å². The first-order valence-corrected chi connectivity index (χ1v) is 12.2. The summed E-state index contributed by atoms with van der Waals surface area (Å²) in [5, 5.41) is 10.4. The van der Waals surface area contributed by atoms with Crippen LogP contribution in [0, 0.1) is 0 Å². The summed E-state index contributed by atoms with van der Waals surface area (Å²) in [6, 6.07) is 0. The monoisotopic (exact) mass is 476 g/mol. The lowest BCUT2D eigenvalue weighted by atomic mass is 10.1. The number of carbonyl (C=O) groups excluding carboxylic acids is 2. The van der Waals surface area contributed by atoms with E-state index in [2.05, 4.69) is 4.90 Å². The fourth-order valence-electron chi connectivity index (χ4n) is 3.41. The molecule has 11 heteroatoms. The first-order chi connectivity index (χ1) is 13.9. The van der Waals surface area contributed by atoms with E-state index in [4.69, 9.17) is 33.9 Å². The molecule has 3 aliphatic rings. The Balaban J connectivity index is 1.83. The minimum atomic E-state index is -1.75. The number of nitrogens with zero attached hydrogens (tertiary/aromatic N) is 2. The van der Waals surface area contributed by atoms with Gasteiger partial charge in [-0.15, -0.1) is 0 Å². The van der Waals surface area contributed by atoms with Gasteiger partial charge in [-0.2, -0.15) is 0 Å². The van der Waals surface area contributed by atoms with Crippen molar-refractivity contribution in [2.45, 2.75) is 38.2 Å². The summed E-state index contributed by atoms with van der Waals surface area (Å²) in [6.45, 7) is 5.17. The van der Waals surface area contributed by atoms with Gasteiger partial charge in [0.25, 0.3) is 5.60 Å². The van der Waals surface area contributed by atoms with Crippen LogP contribution in [0.1, 0.15) is 32.6 Å². The van der Waals surface area contributed by atoms with Crippen molar-refractivity contribution in [3.05, 3.63) is 10.7 Å². The van der Waals surface area contributed by atoms with E-state index >= 15 is 0 Å². The van der Waals surface area contributed by atoms with Gasteiger partial charge in [-0.05, 0) is 32.6 Å². The molecule has 160 valence electrons. The highest BCUT2D eigenvalue weighted by atomic mass is 32.2. The van der Waals surface area contributed by atoms with Crippen molar-refractivity contribution in [2.24, 2.45) is 0 Å². The third kappa shape index (κ3) is 4.83. The summed E-state index contributed by atoms with van der Waals surface area (Å²) in [5.41, 5.74) is -1.75. The largest absolute Gasteiger partial charge is 0.501 e. The molecule has 29 heavy (non-hydrogen) atoms. The van der Waals surface area contributed by atoms with Gasteiger partial charge in [0.2, 0.25) is 5.76 Å². The minimum Gasteiger partial charge on any atom is -0.501 e. The number of esters is 2. The topological polar surface area (TPSA) is 79.3 Å². The van der Waals surface area contributed by atoms with E-state index in [1.807, 2.05) is 4.90 Å². The fraction of sp³-hybridized carbons (Fsp3) is 0.667. The van der Waals surface area contributed by atoms with Crippen molar-refractivity contribution in [3.8, 4) is 0 Å². The normalized spacial score (nSPS) is 24.2. The van der Waals surface area contributed by atoms with Gasteiger partial charge in [0.05, 0.1) is 17.3 Å². The number of thioether (sulfide) groups is 2. The molecule has 0 aromatic heterocycles. The first-order valence-electron chi connectivity index (χ1n) is 9.61. The van der Waals surface area contributed by atoms with Crippen LogP contribution in [-0.2, 0) is 19.1 Å². The van der Waals surface area contributed by atoms with E-state index in [0.717, 1.165) is 63.6 Å². The molecule has 0 saturated carbocycles. The number of rotatable bonds is 5. The summed E-state index contributed by atoms with van der Waals surface area (Å²) >= 11 is 13.3. The number of hydrogen-bond donors (Lipinski definition) is 1. The Morgan fingerprint density at radius 1 is 1.14 bits per heavy atom. The SMILES string of the molecule is CCOC(=O)C1(CSC(=S)N2CCCC2)OC(=O)C(O)=C1SC(=S)N1CCCC1. The van der Waals surface area contributed by atoms with Crippen LogP contribution in [0.2, 0.25) is 0 Å². The lowest BCUT2D eigenvalue weighted by Crippen LogP contribution is -2.46. The van der Waals surface area contributed by atoms with E-state index in [1.54, 1.807) is 6.92 Å². The highest BCUT2D eigenvalue weighted by Crippen LogP contribution is 2.44. The molecule has 3 heterocycles. The smallest absolute Gasteiger partial charge is 0.375 e. The molecule has 0 radical (unpaired) electrons. The van der Waals surface area contributed by atoms with Crippen molar-refractivity contribution < 1.29 is 24.2 Å². The number of thiocarbonyl (C=S) groups is 2. The molecule has 3 aliphatic heterocycles. The van der Waals surface area contributed by atoms with Gasteiger partial charge in [0.15, 0.2) is 0 Å². The molecule has 7 nitrogen and oxygen atoms in total. The summed E-state index contributed by atoms with van der Waals surface area (Å²) in [4.78, 5) is 29.3. The Bertz CT molecular complexity index is 732.